The van der Waals surface area contributed by atoms with Crippen LogP contribution in [0, 0.1) is 5.82 Å². The Morgan fingerprint density at radius 3 is 2.79 bits per heavy atom. The molecule has 0 amide bonds. The van der Waals surface area contributed by atoms with Gasteiger partial charge in [-0.1, -0.05) is 0 Å². The zero-order valence-corrected chi connectivity index (χ0v) is 19.0. The monoisotopic (exact) mass is 464 g/mol. The van der Waals surface area contributed by atoms with Gasteiger partial charge in [0.15, 0.2) is 11.6 Å². The molecule has 0 radical (unpaired) electrons. The zero-order valence-electron chi connectivity index (χ0n) is 18.2. The van der Waals surface area contributed by atoms with E-state index in [0.29, 0.717) is 31.1 Å². The van der Waals surface area contributed by atoms with Gasteiger partial charge < -0.3 is 19.9 Å². The van der Waals surface area contributed by atoms with Crippen molar-refractivity contribution in [2.75, 3.05) is 44.3 Å². The highest BCUT2D eigenvalue weighted by Gasteiger charge is 2.41. The van der Waals surface area contributed by atoms with Crippen molar-refractivity contribution in [3.63, 3.8) is 0 Å². The topological polar surface area (TPSA) is 69.3 Å². The Bertz CT molecular complexity index is 1330. The van der Waals surface area contributed by atoms with Gasteiger partial charge in [0, 0.05) is 72.3 Å². The number of rotatable bonds is 4. The second-order valence-corrected chi connectivity index (χ2v) is 10.3. The van der Waals surface area contributed by atoms with Crippen molar-refractivity contribution in [1.29, 1.82) is 0 Å². The molecule has 9 heteroatoms. The van der Waals surface area contributed by atoms with Crippen molar-refractivity contribution in [2.45, 2.75) is 25.0 Å². The number of H-pyrrole nitrogens is 1. The van der Waals surface area contributed by atoms with Gasteiger partial charge in [0.05, 0.1) is 23.4 Å². The lowest BCUT2D eigenvalue weighted by Crippen LogP contribution is -2.67. The molecule has 2 N–H and O–H groups in total. The van der Waals surface area contributed by atoms with Crippen molar-refractivity contribution in [2.24, 2.45) is 0 Å². The molecule has 0 aliphatic carbocycles. The van der Waals surface area contributed by atoms with Crippen LogP contribution in [0.4, 0.5) is 10.2 Å². The van der Waals surface area contributed by atoms with E-state index >= 15 is 0 Å². The molecule has 0 unspecified atom stereocenters. The molecule has 3 aromatic heterocycles. The van der Waals surface area contributed by atoms with E-state index in [4.69, 9.17) is 14.7 Å². The number of hydrogen-bond donors (Lipinski definition) is 2. The van der Waals surface area contributed by atoms with Gasteiger partial charge in [-0.15, -0.1) is 11.3 Å². The number of piperidine rings is 1. The first-order valence-corrected chi connectivity index (χ1v) is 12.4. The zero-order chi connectivity index (χ0) is 21.9. The first kappa shape index (κ1) is 19.8. The van der Waals surface area contributed by atoms with E-state index in [9.17, 15) is 4.39 Å². The number of fused-ring (bicyclic) bond motifs is 4. The van der Waals surface area contributed by atoms with Crippen LogP contribution in [0.5, 0.6) is 0 Å². The molecule has 3 fully saturated rings. The molecule has 33 heavy (non-hydrogen) atoms. The number of piperazine rings is 1. The van der Waals surface area contributed by atoms with Crippen molar-refractivity contribution >= 4 is 38.3 Å². The Morgan fingerprint density at radius 2 is 1.97 bits per heavy atom. The number of thiophene rings is 1. The van der Waals surface area contributed by atoms with Gasteiger partial charge in [0.1, 0.15) is 5.82 Å². The van der Waals surface area contributed by atoms with Gasteiger partial charge in [0.25, 0.3) is 0 Å². The lowest BCUT2D eigenvalue weighted by Gasteiger charge is -2.53. The second kappa shape index (κ2) is 7.73. The molecule has 1 aromatic carbocycles. The van der Waals surface area contributed by atoms with Gasteiger partial charge in [0.2, 0.25) is 0 Å². The molecule has 7 rings (SSSR count). The van der Waals surface area contributed by atoms with E-state index in [1.54, 1.807) is 17.4 Å². The normalized spacial score (nSPS) is 23.4. The number of anilines is 1. The van der Waals surface area contributed by atoms with E-state index in [2.05, 4.69) is 26.2 Å². The van der Waals surface area contributed by atoms with Gasteiger partial charge >= 0.3 is 0 Å². The largest absolute Gasteiger partial charge is 0.378 e. The number of ether oxygens (including phenoxy) is 1. The average molecular weight is 465 g/mol. The predicted octanol–water partition coefficient (Wildman–Crippen LogP) is 3.36. The summed E-state index contributed by atoms with van der Waals surface area (Å²) in [5, 5.41) is 4.44. The summed E-state index contributed by atoms with van der Waals surface area (Å²) in [6, 6.07) is 8.52. The van der Waals surface area contributed by atoms with E-state index in [1.807, 2.05) is 12.3 Å². The lowest BCUT2D eigenvalue weighted by molar-refractivity contribution is -0.0198. The highest BCUT2D eigenvalue weighted by atomic mass is 32.1. The SMILES string of the molecule is Fc1cc(-c2nc(N3CCOCC3)c3sc(CN4[C@@H]5CNC[C@H]4C5)cc3n2)c2cc[nH]c2c1. The minimum atomic E-state index is -0.291. The Kier molecular flexibility index (Phi) is 4.65. The smallest absolute Gasteiger partial charge is 0.163 e. The number of aromatic nitrogens is 3. The number of nitrogens with one attached hydrogen (secondary N) is 2. The molecule has 3 saturated heterocycles. The van der Waals surface area contributed by atoms with Crippen LogP contribution < -0.4 is 10.2 Å². The number of aromatic amines is 1. The standard InChI is InChI=1S/C24H25FN6OS/c25-14-7-19(18-1-2-27-20(18)8-14)23-28-21-10-17(13-31-15-9-16(31)12-26-11-15)33-22(21)24(29-23)30-3-5-32-6-4-30/h1-2,7-8,10,15-16,26-27H,3-6,9,11-13H2/t15-,16+. The molecule has 4 aromatic rings. The molecule has 6 heterocycles. The first-order chi connectivity index (χ1) is 16.2. The summed E-state index contributed by atoms with van der Waals surface area (Å²) in [5.74, 6) is 1.22. The highest BCUT2D eigenvalue weighted by molar-refractivity contribution is 7.19. The Labute approximate surface area is 194 Å². The van der Waals surface area contributed by atoms with Crippen LogP contribution in [0.25, 0.3) is 32.5 Å². The number of morpholine rings is 1. The van der Waals surface area contributed by atoms with Gasteiger partial charge in [-0.25, -0.2) is 14.4 Å². The quantitative estimate of drug-likeness (QED) is 0.483. The third-order valence-corrected chi connectivity index (χ3v) is 8.28. The third-order valence-electron chi connectivity index (χ3n) is 7.17. The van der Waals surface area contributed by atoms with Crippen LogP contribution in [0.1, 0.15) is 11.3 Å². The minimum absolute atomic E-state index is 0.291. The minimum Gasteiger partial charge on any atom is -0.378 e. The van der Waals surface area contributed by atoms with Crippen LogP contribution in [0.2, 0.25) is 0 Å². The summed E-state index contributed by atoms with van der Waals surface area (Å²) in [7, 11) is 0. The summed E-state index contributed by atoms with van der Waals surface area (Å²) in [5.41, 5.74) is 2.42. The number of hydrogen-bond acceptors (Lipinski definition) is 7. The van der Waals surface area contributed by atoms with Crippen LogP contribution in [0.15, 0.2) is 30.5 Å². The Hall–Kier alpha value is -2.59. The van der Waals surface area contributed by atoms with E-state index in [-0.39, 0.29) is 5.82 Å². The van der Waals surface area contributed by atoms with Gasteiger partial charge in [-0.05, 0) is 30.7 Å². The molecule has 2 atom stereocenters. The van der Waals surface area contributed by atoms with Gasteiger partial charge in [-0.3, -0.25) is 4.90 Å². The van der Waals surface area contributed by atoms with Gasteiger partial charge in [-0.2, -0.15) is 0 Å². The Morgan fingerprint density at radius 1 is 1.12 bits per heavy atom. The maximum atomic E-state index is 14.4. The number of nitrogens with zero attached hydrogens (tertiary/aromatic N) is 4. The maximum absolute atomic E-state index is 14.4. The van der Waals surface area contributed by atoms with E-state index in [0.717, 1.165) is 65.2 Å². The molecule has 3 aliphatic rings. The third kappa shape index (κ3) is 3.33. The summed E-state index contributed by atoms with van der Waals surface area (Å²) >= 11 is 1.80. The van der Waals surface area contributed by atoms with E-state index in [1.165, 1.54) is 17.4 Å². The lowest BCUT2D eigenvalue weighted by atomic mass is 9.89. The first-order valence-electron chi connectivity index (χ1n) is 11.6. The predicted molar refractivity (Wildman–Crippen MR) is 128 cm³/mol. The molecular formula is C24H25FN6OS. The Balaban J connectivity index is 1.35. The maximum Gasteiger partial charge on any atom is 0.163 e. The summed E-state index contributed by atoms with van der Waals surface area (Å²) in [6.07, 6.45) is 3.13. The van der Waals surface area contributed by atoms with E-state index < -0.39 is 0 Å². The molecule has 0 saturated carbocycles. The number of halogens is 1. The van der Waals surface area contributed by atoms with Crippen molar-refractivity contribution in [3.05, 3.63) is 41.2 Å². The summed E-state index contributed by atoms with van der Waals surface area (Å²) < 4.78 is 21.1. The van der Waals surface area contributed by atoms with Crippen LogP contribution in [-0.4, -0.2) is 71.3 Å². The van der Waals surface area contributed by atoms with Crippen molar-refractivity contribution in [3.8, 4) is 11.4 Å². The van der Waals surface area contributed by atoms with Crippen LogP contribution >= 0.6 is 11.3 Å². The van der Waals surface area contributed by atoms with Crippen molar-refractivity contribution < 1.29 is 9.13 Å². The molecule has 2 bridgehead atoms. The second-order valence-electron chi connectivity index (χ2n) is 9.16. The fourth-order valence-corrected chi connectivity index (χ4v) is 6.59. The average Bonchev–Trinajstić information content (AvgIpc) is 3.49. The number of benzene rings is 1. The van der Waals surface area contributed by atoms with Crippen LogP contribution in [-0.2, 0) is 11.3 Å². The van der Waals surface area contributed by atoms with Crippen LogP contribution in [0.3, 0.4) is 0 Å². The summed E-state index contributed by atoms with van der Waals surface area (Å²) in [4.78, 5) is 19.3. The molecule has 3 aliphatic heterocycles. The molecule has 7 nitrogen and oxygen atoms in total. The highest BCUT2D eigenvalue weighted by Crippen LogP contribution is 2.38. The van der Waals surface area contributed by atoms with Crippen molar-refractivity contribution in [1.82, 2.24) is 25.2 Å². The molecular weight excluding hydrogens is 439 g/mol. The fraction of sp³-hybridized carbons (Fsp3) is 0.417. The summed E-state index contributed by atoms with van der Waals surface area (Å²) in [6.45, 7) is 6.08. The molecule has 170 valence electrons. The molecule has 0 spiro atoms. The fourth-order valence-electron chi connectivity index (χ4n) is 5.47.